The summed E-state index contributed by atoms with van der Waals surface area (Å²) in [6, 6.07) is 13.6. The highest BCUT2D eigenvalue weighted by molar-refractivity contribution is 6.36. The fourth-order valence-electron chi connectivity index (χ4n) is 4.34. The van der Waals surface area contributed by atoms with Gasteiger partial charge in [-0.05, 0) is 71.8 Å². The number of phenols is 1. The number of rotatable bonds is 6. The zero-order chi connectivity index (χ0) is 23.5. The second-order valence-corrected chi connectivity index (χ2v) is 8.90. The second-order valence-electron chi connectivity index (χ2n) is 8.09. The Morgan fingerprint density at radius 3 is 2.58 bits per heavy atom. The van der Waals surface area contributed by atoms with E-state index >= 15 is 0 Å². The van der Waals surface area contributed by atoms with E-state index in [-0.39, 0.29) is 24.1 Å². The normalized spacial score (nSPS) is 15.1. The van der Waals surface area contributed by atoms with E-state index in [4.69, 9.17) is 27.9 Å². The van der Waals surface area contributed by atoms with E-state index in [0.717, 1.165) is 41.5 Å². The van der Waals surface area contributed by atoms with Crippen molar-refractivity contribution < 1.29 is 23.8 Å². The molecule has 0 saturated carbocycles. The van der Waals surface area contributed by atoms with Crippen LogP contribution in [0, 0.1) is 5.82 Å². The predicted octanol–water partition coefficient (Wildman–Crippen LogP) is 6.45. The van der Waals surface area contributed by atoms with Crippen LogP contribution in [0.25, 0.3) is 0 Å². The molecule has 33 heavy (non-hydrogen) atoms. The number of halogens is 3. The molecule has 0 saturated heterocycles. The summed E-state index contributed by atoms with van der Waals surface area (Å²) in [5, 5.41) is 11.4. The van der Waals surface area contributed by atoms with Crippen molar-refractivity contribution in [2.24, 2.45) is 0 Å². The third-order valence-electron chi connectivity index (χ3n) is 5.97. The lowest BCUT2D eigenvalue weighted by Crippen LogP contribution is -2.12. The lowest BCUT2D eigenvalue weighted by molar-refractivity contribution is -0.142. The topological polar surface area (TPSA) is 55.8 Å². The van der Waals surface area contributed by atoms with E-state index in [0.29, 0.717) is 27.8 Å². The van der Waals surface area contributed by atoms with Crippen molar-refractivity contribution in [3.05, 3.63) is 92.2 Å². The van der Waals surface area contributed by atoms with Crippen molar-refractivity contribution in [1.29, 1.82) is 0 Å². The Balaban J connectivity index is 1.60. The van der Waals surface area contributed by atoms with E-state index in [1.807, 2.05) is 18.2 Å². The van der Waals surface area contributed by atoms with E-state index < -0.39 is 5.97 Å². The molecule has 1 aliphatic rings. The van der Waals surface area contributed by atoms with Crippen LogP contribution in [0.1, 0.15) is 46.6 Å². The molecule has 0 amide bonds. The first-order valence-corrected chi connectivity index (χ1v) is 11.4. The molecule has 3 aromatic carbocycles. The smallest absolute Gasteiger partial charge is 0.343 e. The third-order valence-corrected chi connectivity index (χ3v) is 6.64. The maximum Gasteiger partial charge on any atom is 0.343 e. The minimum Gasteiger partial charge on any atom is -0.508 e. The number of hydrogen-bond donors (Lipinski definition) is 1. The summed E-state index contributed by atoms with van der Waals surface area (Å²) in [7, 11) is 1.28. The zero-order valence-electron chi connectivity index (χ0n) is 18.0. The molecule has 1 aliphatic carbocycles. The maximum atomic E-state index is 13.7. The Hall–Kier alpha value is -2.76. The highest BCUT2D eigenvalue weighted by atomic mass is 35.5. The molecule has 4 rings (SSSR count). The third kappa shape index (κ3) is 5.26. The van der Waals surface area contributed by atoms with Crippen LogP contribution in [0.2, 0.25) is 10.0 Å². The van der Waals surface area contributed by atoms with Crippen LogP contribution in [-0.4, -0.2) is 24.8 Å². The molecule has 0 radical (unpaired) electrons. The van der Waals surface area contributed by atoms with Gasteiger partial charge in [-0.1, -0.05) is 41.4 Å². The standard InChI is InChI=1S/C26H23Cl2FO4/c1-32-26(31)14-33-18-12-23(27)22(24(28)13-18)10-15-5-8-25(30)21(9-15)20-4-2-3-16-11-17(29)6-7-19(16)20/h5-9,11-13,20,30H,2-4,10,14H2,1H3. The van der Waals surface area contributed by atoms with Gasteiger partial charge in [0.05, 0.1) is 7.11 Å². The summed E-state index contributed by atoms with van der Waals surface area (Å²) in [5.41, 5.74) is 4.50. The van der Waals surface area contributed by atoms with Gasteiger partial charge in [-0.25, -0.2) is 9.18 Å². The SMILES string of the molecule is COC(=O)COc1cc(Cl)c(Cc2ccc(O)c(C3CCCc4cc(F)ccc43)c2)c(Cl)c1. The lowest BCUT2D eigenvalue weighted by Gasteiger charge is -2.27. The van der Waals surface area contributed by atoms with Gasteiger partial charge in [-0.15, -0.1) is 0 Å². The number of esters is 1. The molecule has 1 N–H and O–H groups in total. The molecule has 0 aliphatic heterocycles. The molecule has 3 aromatic rings. The van der Waals surface area contributed by atoms with Gasteiger partial charge in [-0.3, -0.25) is 0 Å². The number of aryl methyl sites for hydroxylation is 1. The van der Waals surface area contributed by atoms with Crippen molar-refractivity contribution in [3.63, 3.8) is 0 Å². The van der Waals surface area contributed by atoms with Crippen molar-refractivity contribution in [1.82, 2.24) is 0 Å². The molecule has 1 atom stereocenters. The van der Waals surface area contributed by atoms with Crippen molar-refractivity contribution >= 4 is 29.2 Å². The number of ether oxygens (including phenoxy) is 2. The Kier molecular flexibility index (Phi) is 7.11. The Morgan fingerprint density at radius 1 is 1.09 bits per heavy atom. The maximum absolute atomic E-state index is 13.7. The van der Waals surface area contributed by atoms with Crippen molar-refractivity contribution in [2.75, 3.05) is 13.7 Å². The molecule has 0 fully saturated rings. The molecule has 0 heterocycles. The van der Waals surface area contributed by atoms with E-state index in [1.54, 1.807) is 24.3 Å². The molecule has 1 unspecified atom stereocenters. The molecule has 0 spiro atoms. The van der Waals surface area contributed by atoms with Crippen LogP contribution in [0.3, 0.4) is 0 Å². The van der Waals surface area contributed by atoms with Gasteiger partial charge in [0, 0.05) is 27.9 Å². The summed E-state index contributed by atoms with van der Waals surface area (Å²) in [5.74, 6) is -0.166. The monoisotopic (exact) mass is 488 g/mol. The number of carbonyl (C=O) groups excluding carboxylic acids is 1. The number of phenolic OH excluding ortho intramolecular Hbond substituents is 1. The van der Waals surface area contributed by atoms with Gasteiger partial charge >= 0.3 is 5.97 Å². The highest BCUT2D eigenvalue weighted by Gasteiger charge is 2.25. The lowest BCUT2D eigenvalue weighted by atomic mass is 9.78. The highest BCUT2D eigenvalue weighted by Crippen LogP contribution is 2.41. The number of methoxy groups -OCH3 is 1. The fraction of sp³-hybridized carbons (Fsp3) is 0.269. The van der Waals surface area contributed by atoms with Crippen molar-refractivity contribution in [2.45, 2.75) is 31.6 Å². The number of hydrogen-bond acceptors (Lipinski definition) is 4. The van der Waals surface area contributed by atoms with E-state index in [9.17, 15) is 14.3 Å². The van der Waals surface area contributed by atoms with Crippen LogP contribution < -0.4 is 4.74 Å². The van der Waals surface area contributed by atoms with Gasteiger partial charge in [0.15, 0.2) is 6.61 Å². The Bertz CT molecular complexity index is 1170. The number of aromatic hydroxyl groups is 1. The Labute approximate surface area is 201 Å². The summed E-state index contributed by atoms with van der Waals surface area (Å²) in [4.78, 5) is 11.3. The minimum atomic E-state index is -0.505. The molecular formula is C26H23Cl2FO4. The van der Waals surface area contributed by atoms with Gasteiger partial charge in [0.2, 0.25) is 0 Å². The number of fused-ring (bicyclic) bond motifs is 1. The number of benzene rings is 3. The van der Waals surface area contributed by atoms with Crippen LogP contribution in [0.15, 0.2) is 48.5 Å². The quantitative estimate of drug-likeness (QED) is 0.405. The second kappa shape index (κ2) is 10.0. The van der Waals surface area contributed by atoms with Crippen LogP contribution >= 0.6 is 23.2 Å². The molecule has 172 valence electrons. The first kappa shape index (κ1) is 23.4. The van der Waals surface area contributed by atoms with Crippen LogP contribution in [0.5, 0.6) is 11.5 Å². The van der Waals surface area contributed by atoms with Gasteiger partial charge in [0.1, 0.15) is 17.3 Å². The summed E-state index contributed by atoms with van der Waals surface area (Å²) in [6.07, 6.45) is 3.09. The van der Waals surface area contributed by atoms with E-state index in [1.165, 1.54) is 13.2 Å². The average molecular weight is 489 g/mol. The van der Waals surface area contributed by atoms with Gasteiger partial charge in [0.25, 0.3) is 0 Å². The predicted molar refractivity (Wildman–Crippen MR) is 126 cm³/mol. The number of carbonyl (C=O) groups is 1. The molecule has 0 aromatic heterocycles. The molecule has 0 bridgehead atoms. The van der Waals surface area contributed by atoms with Crippen LogP contribution in [-0.2, 0) is 22.4 Å². The first-order chi connectivity index (χ1) is 15.9. The first-order valence-electron chi connectivity index (χ1n) is 10.6. The Morgan fingerprint density at radius 2 is 1.85 bits per heavy atom. The van der Waals surface area contributed by atoms with E-state index in [2.05, 4.69) is 4.74 Å². The average Bonchev–Trinajstić information content (AvgIpc) is 2.80. The summed E-state index contributed by atoms with van der Waals surface area (Å²) >= 11 is 12.9. The fourth-order valence-corrected chi connectivity index (χ4v) is 4.94. The molecular weight excluding hydrogens is 466 g/mol. The van der Waals surface area contributed by atoms with Crippen LogP contribution in [0.4, 0.5) is 4.39 Å². The summed E-state index contributed by atoms with van der Waals surface area (Å²) < 4.78 is 23.7. The largest absolute Gasteiger partial charge is 0.508 e. The molecule has 7 heteroatoms. The summed E-state index contributed by atoms with van der Waals surface area (Å²) in [6.45, 7) is -0.239. The minimum absolute atomic E-state index is 0.00524. The van der Waals surface area contributed by atoms with Gasteiger partial charge in [-0.2, -0.15) is 0 Å². The van der Waals surface area contributed by atoms with Gasteiger partial charge < -0.3 is 14.6 Å². The van der Waals surface area contributed by atoms with Crippen molar-refractivity contribution in [3.8, 4) is 11.5 Å². The zero-order valence-corrected chi connectivity index (χ0v) is 19.5. The molecule has 4 nitrogen and oxygen atoms in total.